The summed E-state index contributed by atoms with van der Waals surface area (Å²) in [4.78, 5) is 0. The zero-order valence-electron chi connectivity index (χ0n) is 5.51. The van der Waals surface area contributed by atoms with Crippen molar-refractivity contribution in [2.75, 3.05) is 0 Å². The molecule has 0 atom stereocenters. The number of rotatable bonds is 0. The molecule has 0 rings (SSSR count). The Hall–Kier alpha value is 5.31. The van der Waals surface area contributed by atoms with Gasteiger partial charge >= 0.3 is 151 Å². The second-order valence-electron chi connectivity index (χ2n) is 0. The SMILES string of the molecule is [Cl-].[Cl-].[F-].[F-].[K+].[K+].[Li+].[Na+]. The molecule has 0 N–H and O–H groups in total. The van der Waals surface area contributed by atoms with E-state index in [2.05, 4.69) is 0 Å². The van der Waals surface area contributed by atoms with E-state index in [4.69, 9.17) is 0 Å². The Bertz CT molecular complexity index is 18.0. The molecule has 0 aliphatic rings. The molecule has 0 aliphatic carbocycles. The first kappa shape index (κ1) is 71.5. The topological polar surface area (TPSA) is 0 Å². The molecule has 0 spiro atoms. The van der Waals surface area contributed by atoms with Gasteiger partial charge in [-0.3, -0.25) is 0 Å². The first-order valence-electron chi connectivity index (χ1n) is 0. The standard InChI is InChI=1S/2ClH.2FH.2K.Li.Na/h4*1H;;;;/q;;;;4*+1/p-4. The van der Waals surface area contributed by atoms with Crippen LogP contribution in [-0.2, 0) is 0 Å². The monoisotopic (exact) mass is 216 g/mol. The molecule has 0 aromatic carbocycles. The molecule has 8 heteroatoms. The van der Waals surface area contributed by atoms with Crippen LogP contribution in [0.4, 0.5) is 0 Å². The fraction of sp³-hybridized carbons (Fsp3) is 0. The third-order valence-corrected chi connectivity index (χ3v) is 0. The molecule has 0 aromatic rings. The number of halogens is 4. The van der Waals surface area contributed by atoms with E-state index < -0.39 is 0 Å². The first-order chi connectivity index (χ1) is 0. The van der Waals surface area contributed by atoms with E-state index in [-0.39, 0.29) is 185 Å². The quantitative estimate of drug-likeness (QED) is 0.353. The summed E-state index contributed by atoms with van der Waals surface area (Å²) in [7, 11) is 0. The van der Waals surface area contributed by atoms with Crippen molar-refractivity contribution in [1.29, 1.82) is 0 Å². The van der Waals surface area contributed by atoms with Crippen molar-refractivity contribution in [3.63, 3.8) is 0 Å². The predicted octanol–water partition coefficient (Wildman–Crippen LogP) is -24.0. The Kier molecular flexibility index (Phi) is 499. The Labute approximate surface area is 180 Å². The molecule has 0 unspecified atom stereocenters. The molecule has 0 bridgehead atoms. The van der Waals surface area contributed by atoms with E-state index in [0.717, 1.165) is 0 Å². The van der Waals surface area contributed by atoms with Crippen molar-refractivity contribution in [3.8, 4) is 0 Å². The first-order valence-corrected chi connectivity index (χ1v) is 0. The van der Waals surface area contributed by atoms with Gasteiger partial charge in [-0.05, 0) is 0 Å². The smallest absolute Gasteiger partial charge is 1.00 e. The van der Waals surface area contributed by atoms with Gasteiger partial charge in [0, 0.05) is 0 Å². The fourth-order valence-corrected chi connectivity index (χ4v) is 0. The summed E-state index contributed by atoms with van der Waals surface area (Å²) in [5.74, 6) is 0. The third kappa shape index (κ3) is 42.6. The summed E-state index contributed by atoms with van der Waals surface area (Å²) in [6.07, 6.45) is 0. The zero-order valence-corrected chi connectivity index (χ0v) is 15.3. The van der Waals surface area contributed by atoms with Crippen molar-refractivity contribution < 1.29 is 185 Å². The van der Waals surface area contributed by atoms with Crippen LogP contribution in [0.5, 0.6) is 0 Å². The van der Waals surface area contributed by atoms with Gasteiger partial charge in [0.05, 0.1) is 0 Å². The van der Waals surface area contributed by atoms with Crippen molar-refractivity contribution in [1.82, 2.24) is 0 Å². The van der Waals surface area contributed by atoms with Crippen LogP contribution in [0.2, 0.25) is 0 Å². The van der Waals surface area contributed by atoms with Gasteiger partial charge in [-0.2, -0.15) is 0 Å². The van der Waals surface area contributed by atoms with Crippen LogP contribution < -0.4 is 185 Å². The van der Waals surface area contributed by atoms with Crippen molar-refractivity contribution in [2.45, 2.75) is 0 Å². The summed E-state index contributed by atoms with van der Waals surface area (Å²) >= 11 is 0. The van der Waals surface area contributed by atoms with Crippen molar-refractivity contribution in [3.05, 3.63) is 0 Å². The molecule has 0 aromatic heterocycles. The van der Waals surface area contributed by atoms with E-state index in [1.54, 1.807) is 0 Å². The van der Waals surface area contributed by atoms with E-state index in [1.165, 1.54) is 0 Å². The fourth-order valence-electron chi connectivity index (χ4n) is 0. The minimum atomic E-state index is 0. The van der Waals surface area contributed by atoms with Crippen molar-refractivity contribution in [2.24, 2.45) is 0 Å². The molecule has 0 saturated carbocycles. The van der Waals surface area contributed by atoms with Crippen LogP contribution >= 0.6 is 0 Å². The minimum absolute atomic E-state index is 0. The average molecular weight is 217 g/mol. The molecular weight excluding hydrogens is 217 g/mol. The van der Waals surface area contributed by atoms with E-state index in [1.807, 2.05) is 0 Å². The summed E-state index contributed by atoms with van der Waals surface area (Å²) in [5.41, 5.74) is 0. The molecule has 0 amide bonds. The van der Waals surface area contributed by atoms with Gasteiger partial charge in [0.2, 0.25) is 0 Å². The van der Waals surface area contributed by atoms with E-state index >= 15 is 0 Å². The summed E-state index contributed by atoms with van der Waals surface area (Å²) in [6.45, 7) is 0. The normalized spacial score (nSPS) is 0. The molecule has 32 valence electrons. The number of hydrogen-bond acceptors (Lipinski definition) is 0. The predicted molar refractivity (Wildman–Crippen MR) is 0 cm³/mol. The number of hydrogen-bond donors (Lipinski definition) is 0. The molecule has 0 fully saturated rings. The molecule has 0 radical (unpaired) electrons. The van der Waals surface area contributed by atoms with Gasteiger partial charge in [0.1, 0.15) is 0 Å². The van der Waals surface area contributed by atoms with Crippen LogP contribution in [0.3, 0.4) is 0 Å². The Morgan fingerprint density at radius 2 is 0.625 bits per heavy atom. The van der Waals surface area contributed by atoms with Gasteiger partial charge < -0.3 is 34.2 Å². The molecule has 0 aliphatic heterocycles. The van der Waals surface area contributed by atoms with Crippen LogP contribution in [0.25, 0.3) is 0 Å². The van der Waals surface area contributed by atoms with Crippen molar-refractivity contribution >= 4 is 0 Å². The maximum Gasteiger partial charge on any atom is 1.00 e. The van der Waals surface area contributed by atoms with Crippen LogP contribution in [0.1, 0.15) is 0 Å². The maximum atomic E-state index is 0. The van der Waals surface area contributed by atoms with Crippen LogP contribution in [0.15, 0.2) is 0 Å². The molecule has 8 heavy (non-hydrogen) atoms. The Morgan fingerprint density at radius 1 is 0.625 bits per heavy atom. The molecule has 0 heterocycles. The van der Waals surface area contributed by atoms with Gasteiger partial charge in [-0.15, -0.1) is 0 Å². The second-order valence-corrected chi connectivity index (χ2v) is 0. The van der Waals surface area contributed by atoms with E-state index in [9.17, 15) is 0 Å². The van der Waals surface area contributed by atoms with Gasteiger partial charge in [-0.1, -0.05) is 0 Å². The largest absolute Gasteiger partial charge is 1.00 e. The molecular formula is Cl2F2K2LiNa. The Balaban J connectivity index is 0. The third-order valence-electron chi connectivity index (χ3n) is 0. The average Bonchev–Trinajstić information content (AvgIpc) is 0. The Morgan fingerprint density at radius 3 is 0.625 bits per heavy atom. The minimum Gasteiger partial charge on any atom is -1.00 e. The maximum absolute atomic E-state index is 0. The molecule has 0 saturated heterocycles. The van der Waals surface area contributed by atoms with E-state index in [0.29, 0.717) is 0 Å². The van der Waals surface area contributed by atoms with Crippen LogP contribution in [0, 0.1) is 0 Å². The van der Waals surface area contributed by atoms with Gasteiger partial charge in [-0.25, -0.2) is 0 Å². The van der Waals surface area contributed by atoms with Gasteiger partial charge in [0.15, 0.2) is 0 Å². The summed E-state index contributed by atoms with van der Waals surface area (Å²) in [5, 5.41) is 0. The van der Waals surface area contributed by atoms with Gasteiger partial charge in [0.25, 0.3) is 0 Å². The summed E-state index contributed by atoms with van der Waals surface area (Å²) < 4.78 is 0. The zero-order chi connectivity index (χ0) is 0. The second kappa shape index (κ2) is 55.8. The van der Waals surface area contributed by atoms with Crippen LogP contribution in [-0.4, -0.2) is 0 Å². The molecule has 0 nitrogen and oxygen atoms in total. The summed E-state index contributed by atoms with van der Waals surface area (Å²) in [6, 6.07) is 0.